The summed E-state index contributed by atoms with van der Waals surface area (Å²) in [5.74, 6) is -2.25. The van der Waals surface area contributed by atoms with Crippen molar-refractivity contribution in [2.24, 2.45) is 17.4 Å². The molecule has 5 N–H and O–H groups in total. The van der Waals surface area contributed by atoms with Gasteiger partial charge < -0.3 is 16.4 Å². The molecule has 1 fully saturated rings. The van der Waals surface area contributed by atoms with E-state index >= 15 is 0 Å². The Labute approximate surface area is 171 Å². The topological polar surface area (TPSA) is 174 Å². The van der Waals surface area contributed by atoms with Crippen LogP contribution in [0.15, 0.2) is 15.7 Å². The summed E-state index contributed by atoms with van der Waals surface area (Å²) in [4.78, 5) is 68.8. The quantitative estimate of drug-likeness (QED) is 0.499. The number of hydrogen-bond acceptors (Lipinski definition) is 6. The normalized spacial score (nSPS) is 13.6. The van der Waals surface area contributed by atoms with Gasteiger partial charge in [0.15, 0.2) is 5.65 Å². The number of rotatable bonds is 8. The molecule has 2 aromatic rings. The number of carbonyl (C=O) groups excluding carboxylic acids is 3. The van der Waals surface area contributed by atoms with Crippen LogP contribution in [0, 0.1) is 5.92 Å². The van der Waals surface area contributed by atoms with Crippen LogP contribution in [0.3, 0.4) is 0 Å². The Kier molecular flexibility index (Phi) is 5.72. The minimum Gasteiger partial charge on any atom is -0.368 e. The molecule has 0 radical (unpaired) electrons. The number of nitrogens with one attached hydrogen (secondary N) is 1. The predicted octanol–water partition coefficient (Wildman–Crippen LogP) is -0.969. The van der Waals surface area contributed by atoms with Crippen molar-refractivity contribution in [3.63, 3.8) is 0 Å². The van der Waals surface area contributed by atoms with E-state index in [4.69, 9.17) is 11.5 Å². The lowest BCUT2D eigenvalue weighted by molar-refractivity contribution is -0.121. The Bertz CT molecular complexity index is 1130. The van der Waals surface area contributed by atoms with Crippen LogP contribution in [0.4, 0.5) is 0 Å². The maximum Gasteiger partial charge on any atom is 0.330 e. The van der Waals surface area contributed by atoms with E-state index in [2.05, 4.69) is 9.97 Å². The number of amides is 3. The summed E-state index contributed by atoms with van der Waals surface area (Å²) in [6, 6.07) is 1.48. The van der Waals surface area contributed by atoms with E-state index in [-0.39, 0.29) is 35.0 Å². The van der Waals surface area contributed by atoms with E-state index in [1.54, 1.807) is 0 Å². The predicted molar refractivity (Wildman–Crippen MR) is 108 cm³/mol. The van der Waals surface area contributed by atoms with Gasteiger partial charge in [0.25, 0.3) is 11.5 Å². The van der Waals surface area contributed by atoms with Crippen molar-refractivity contribution in [2.45, 2.75) is 39.2 Å². The second-order valence-corrected chi connectivity index (χ2v) is 7.93. The minimum atomic E-state index is -0.837. The van der Waals surface area contributed by atoms with Crippen molar-refractivity contribution in [3.8, 4) is 0 Å². The molecule has 0 atom stereocenters. The Morgan fingerprint density at radius 1 is 1.20 bits per heavy atom. The summed E-state index contributed by atoms with van der Waals surface area (Å²) in [5, 5.41) is -0.0800. The van der Waals surface area contributed by atoms with Crippen LogP contribution < -0.4 is 22.7 Å². The van der Waals surface area contributed by atoms with Crippen molar-refractivity contribution in [2.75, 3.05) is 13.1 Å². The first kappa shape index (κ1) is 21.2. The molecule has 1 aliphatic carbocycles. The monoisotopic (exact) mass is 416 g/mol. The van der Waals surface area contributed by atoms with Gasteiger partial charge in [-0.05, 0) is 24.8 Å². The molecule has 11 nitrogen and oxygen atoms in total. The summed E-state index contributed by atoms with van der Waals surface area (Å²) < 4.78 is 1.33. The van der Waals surface area contributed by atoms with Crippen molar-refractivity contribution in [1.82, 2.24) is 19.4 Å². The van der Waals surface area contributed by atoms with E-state index in [9.17, 15) is 24.0 Å². The number of pyridine rings is 1. The molecule has 3 amide bonds. The molecule has 1 aliphatic rings. The average molecular weight is 416 g/mol. The molecule has 0 bridgehead atoms. The van der Waals surface area contributed by atoms with Gasteiger partial charge in [-0.3, -0.25) is 28.7 Å². The Morgan fingerprint density at radius 2 is 1.80 bits per heavy atom. The van der Waals surface area contributed by atoms with E-state index in [0.717, 1.165) is 17.7 Å². The van der Waals surface area contributed by atoms with Crippen molar-refractivity contribution < 1.29 is 14.4 Å². The molecule has 160 valence electrons. The van der Waals surface area contributed by atoms with Crippen LogP contribution in [0.25, 0.3) is 11.0 Å². The lowest BCUT2D eigenvalue weighted by Gasteiger charge is -2.21. The molecule has 30 heavy (non-hydrogen) atoms. The number of primary amides is 2. The summed E-state index contributed by atoms with van der Waals surface area (Å²) in [6.45, 7) is 3.00. The standard InChI is InChI=1S/C19H24N6O5/c1-9(2)6-25-16-15(17(28)23-19(25)30)11(5-12(22-16)10-3-4-10)18(29)24(7-13(20)26)8-14(21)27/h5,9-10H,3-4,6-8H2,1-2H3,(H2,20,26)(H2,21,27)(H,23,28,30). The van der Waals surface area contributed by atoms with Crippen LogP contribution in [0.2, 0.25) is 0 Å². The largest absolute Gasteiger partial charge is 0.368 e. The molecular weight excluding hydrogens is 392 g/mol. The lowest BCUT2D eigenvalue weighted by Crippen LogP contribution is -2.44. The molecular formula is C19H24N6O5. The van der Waals surface area contributed by atoms with Crippen LogP contribution in [0.5, 0.6) is 0 Å². The number of aromatic nitrogens is 3. The number of carbonyl (C=O) groups is 3. The van der Waals surface area contributed by atoms with Gasteiger partial charge in [-0.2, -0.15) is 0 Å². The molecule has 0 saturated heterocycles. The second kappa shape index (κ2) is 8.09. The van der Waals surface area contributed by atoms with E-state index in [0.29, 0.717) is 5.69 Å². The van der Waals surface area contributed by atoms with Gasteiger partial charge in [-0.1, -0.05) is 13.8 Å². The molecule has 3 rings (SSSR count). The molecule has 2 heterocycles. The fraction of sp³-hybridized carbons (Fsp3) is 0.474. The lowest BCUT2D eigenvalue weighted by atomic mass is 10.1. The van der Waals surface area contributed by atoms with E-state index in [1.165, 1.54) is 10.6 Å². The number of aromatic amines is 1. The van der Waals surface area contributed by atoms with Crippen LogP contribution in [-0.4, -0.2) is 50.2 Å². The van der Waals surface area contributed by atoms with E-state index in [1.807, 2.05) is 13.8 Å². The van der Waals surface area contributed by atoms with Crippen molar-refractivity contribution in [1.29, 1.82) is 0 Å². The summed E-state index contributed by atoms with van der Waals surface area (Å²) in [5.41, 5.74) is 9.64. The zero-order chi connectivity index (χ0) is 22.2. The number of nitrogens with zero attached hydrogens (tertiary/aromatic N) is 3. The number of hydrogen-bond donors (Lipinski definition) is 3. The van der Waals surface area contributed by atoms with Crippen molar-refractivity contribution >= 4 is 28.8 Å². The molecule has 1 saturated carbocycles. The molecule has 2 aromatic heterocycles. The number of H-pyrrole nitrogens is 1. The first-order chi connectivity index (χ1) is 14.1. The number of nitrogens with two attached hydrogens (primary N) is 2. The highest BCUT2D eigenvalue weighted by Crippen LogP contribution is 2.40. The Balaban J connectivity index is 2.28. The van der Waals surface area contributed by atoms with E-state index < -0.39 is 42.1 Å². The highest BCUT2D eigenvalue weighted by atomic mass is 16.2. The molecule has 0 unspecified atom stereocenters. The number of fused-ring (bicyclic) bond motifs is 1. The minimum absolute atomic E-state index is 0.0526. The van der Waals surface area contributed by atoms with Gasteiger partial charge in [0, 0.05) is 18.2 Å². The zero-order valence-corrected chi connectivity index (χ0v) is 16.8. The molecule has 11 heteroatoms. The third-order valence-electron chi connectivity index (χ3n) is 4.72. The van der Waals surface area contributed by atoms with Gasteiger partial charge in [-0.15, -0.1) is 0 Å². The molecule has 0 aliphatic heterocycles. The summed E-state index contributed by atoms with van der Waals surface area (Å²) in [6.07, 6.45) is 1.74. The maximum absolute atomic E-state index is 13.2. The van der Waals surface area contributed by atoms with Crippen molar-refractivity contribution in [3.05, 3.63) is 38.2 Å². The van der Waals surface area contributed by atoms with Crippen LogP contribution in [-0.2, 0) is 16.1 Å². The van der Waals surface area contributed by atoms with Crippen LogP contribution in [0.1, 0.15) is 48.7 Å². The third-order valence-corrected chi connectivity index (χ3v) is 4.72. The van der Waals surface area contributed by atoms with Gasteiger partial charge in [-0.25, -0.2) is 9.78 Å². The summed E-state index contributed by atoms with van der Waals surface area (Å²) in [7, 11) is 0. The van der Waals surface area contributed by atoms with Gasteiger partial charge in [0.05, 0.1) is 10.9 Å². The average Bonchev–Trinajstić information content (AvgIpc) is 3.47. The highest BCUT2D eigenvalue weighted by molar-refractivity contribution is 6.07. The second-order valence-electron chi connectivity index (χ2n) is 7.93. The molecule has 0 aromatic carbocycles. The Morgan fingerprint density at radius 3 is 2.30 bits per heavy atom. The highest BCUT2D eigenvalue weighted by Gasteiger charge is 2.30. The first-order valence-electron chi connectivity index (χ1n) is 9.62. The van der Waals surface area contributed by atoms with Gasteiger partial charge in [0.2, 0.25) is 11.8 Å². The summed E-state index contributed by atoms with van der Waals surface area (Å²) >= 11 is 0. The Hall–Kier alpha value is -3.50. The smallest absolute Gasteiger partial charge is 0.330 e. The van der Waals surface area contributed by atoms with Gasteiger partial charge in [0.1, 0.15) is 13.1 Å². The zero-order valence-electron chi connectivity index (χ0n) is 16.8. The fourth-order valence-electron chi connectivity index (χ4n) is 3.33. The third kappa shape index (κ3) is 4.39. The molecule has 0 spiro atoms. The maximum atomic E-state index is 13.2. The first-order valence-corrected chi connectivity index (χ1v) is 9.62. The van der Waals surface area contributed by atoms with Gasteiger partial charge >= 0.3 is 5.69 Å². The fourth-order valence-corrected chi connectivity index (χ4v) is 3.33. The van der Waals surface area contributed by atoms with Crippen LogP contribution >= 0.6 is 0 Å². The SMILES string of the molecule is CC(C)Cn1c(=O)[nH]c(=O)c2c(C(=O)N(CC(N)=O)CC(N)=O)cc(C3CC3)nc21.